The molecule has 24 heavy (non-hydrogen) atoms. The molecule has 1 heterocycles. The molecule has 0 saturated carbocycles. The maximum Gasteiger partial charge on any atom is 0.141 e. The molecule has 132 valence electrons. The number of hydrogen-bond donors (Lipinski definition) is 3. The van der Waals surface area contributed by atoms with Crippen molar-refractivity contribution in [1.29, 1.82) is 0 Å². The average molecular weight is 331 g/mol. The van der Waals surface area contributed by atoms with Crippen LogP contribution in [0.25, 0.3) is 0 Å². The zero-order valence-electron chi connectivity index (χ0n) is 14.9. The van der Waals surface area contributed by atoms with E-state index in [9.17, 15) is 4.79 Å². The fourth-order valence-electron chi connectivity index (χ4n) is 3.16. The van der Waals surface area contributed by atoms with Gasteiger partial charge in [-0.05, 0) is 49.6 Å². The van der Waals surface area contributed by atoms with Crippen molar-refractivity contribution in [2.45, 2.75) is 32.9 Å². The lowest BCUT2D eigenvalue weighted by Gasteiger charge is -2.33. The highest BCUT2D eigenvalue weighted by Crippen LogP contribution is 2.21. The summed E-state index contributed by atoms with van der Waals surface area (Å²) in [4.78, 5) is 13.8. The van der Waals surface area contributed by atoms with Gasteiger partial charge < -0.3 is 20.5 Å². The van der Waals surface area contributed by atoms with Crippen molar-refractivity contribution in [1.82, 2.24) is 15.5 Å². The van der Waals surface area contributed by atoms with E-state index in [1.54, 1.807) is 7.05 Å². The first-order chi connectivity index (χ1) is 11.6. The summed E-state index contributed by atoms with van der Waals surface area (Å²) in [5, 5.41) is 15.4. The number of nitrogens with one attached hydrogen (secondary N) is 2. The molecular formula is C19H29N3O2. The Morgan fingerprint density at radius 2 is 2.12 bits per heavy atom. The minimum atomic E-state index is -0.284. The number of likely N-dealkylation sites (N-methyl/N-ethyl adjacent to an activating group) is 1. The Kier molecular flexibility index (Phi) is 6.97. The minimum absolute atomic E-state index is 0.0917. The predicted molar refractivity (Wildman–Crippen MR) is 96.8 cm³/mol. The molecule has 0 bridgehead atoms. The van der Waals surface area contributed by atoms with Crippen LogP contribution >= 0.6 is 0 Å². The van der Waals surface area contributed by atoms with Crippen LogP contribution in [0.1, 0.15) is 23.1 Å². The second kappa shape index (κ2) is 8.97. The van der Waals surface area contributed by atoms with Crippen molar-refractivity contribution < 1.29 is 9.90 Å². The molecule has 0 fully saturated rings. The highest BCUT2D eigenvalue weighted by atomic mass is 16.3. The van der Waals surface area contributed by atoms with Gasteiger partial charge in [0.2, 0.25) is 0 Å². The molecule has 0 spiro atoms. The van der Waals surface area contributed by atoms with Crippen molar-refractivity contribution in [3.8, 4) is 0 Å². The monoisotopic (exact) mass is 331 g/mol. The Balaban J connectivity index is 2.13. The number of benzene rings is 1. The fraction of sp³-hybridized carbons (Fsp3) is 0.526. The van der Waals surface area contributed by atoms with Crippen LogP contribution in [-0.2, 0) is 11.3 Å². The first-order valence-electron chi connectivity index (χ1n) is 8.56. The third-order valence-corrected chi connectivity index (χ3v) is 4.71. The van der Waals surface area contributed by atoms with Crippen LogP contribution in [0.5, 0.6) is 0 Å². The zero-order chi connectivity index (χ0) is 17.5. The van der Waals surface area contributed by atoms with Crippen LogP contribution in [-0.4, -0.2) is 55.6 Å². The SMILES string of the molecule is CNC(C=O)C1=C(NCCO)CCN(Cc2ccc(C)c(C)c2)C1. The van der Waals surface area contributed by atoms with Crippen LogP contribution in [0, 0.1) is 13.8 Å². The summed E-state index contributed by atoms with van der Waals surface area (Å²) >= 11 is 0. The van der Waals surface area contributed by atoms with E-state index in [4.69, 9.17) is 5.11 Å². The Morgan fingerprint density at radius 1 is 1.33 bits per heavy atom. The van der Waals surface area contributed by atoms with E-state index in [0.717, 1.165) is 43.6 Å². The van der Waals surface area contributed by atoms with Crippen LogP contribution in [0.15, 0.2) is 29.5 Å². The molecule has 3 N–H and O–H groups in total. The van der Waals surface area contributed by atoms with E-state index in [0.29, 0.717) is 6.54 Å². The summed E-state index contributed by atoms with van der Waals surface area (Å²) in [7, 11) is 1.80. The molecule has 5 nitrogen and oxygen atoms in total. The Hall–Kier alpha value is -1.69. The molecule has 5 heteroatoms. The van der Waals surface area contributed by atoms with Crippen molar-refractivity contribution in [3.05, 3.63) is 46.2 Å². The number of aryl methyl sites for hydroxylation is 2. The molecule has 1 aliphatic rings. The van der Waals surface area contributed by atoms with Gasteiger partial charge in [0.15, 0.2) is 0 Å². The normalized spacial score (nSPS) is 17.0. The number of carbonyl (C=O) groups excluding carboxylic acids is 1. The van der Waals surface area contributed by atoms with Gasteiger partial charge in [-0.3, -0.25) is 4.90 Å². The maximum absolute atomic E-state index is 11.4. The van der Waals surface area contributed by atoms with Crippen molar-refractivity contribution >= 4 is 6.29 Å². The van der Waals surface area contributed by atoms with Gasteiger partial charge in [0, 0.05) is 31.9 Å². The lowest BCUT2D eigenvalue weighted by Crippen LogP contribution is -2.42. The molecule has 1 unspecified atom stereocenters. The first-order valence-corrected chi connectivity index (χ1v) is 8.56. The molecule has 1 aromatic carbocycles. The summed E-state index contributed by atoms with van der Waals surface area (Å²) in [6.45, 7) is 7.46. The number of aliphatic hydroxyl groups excluding tert-OH is 1. The van der Waals surface area contributed by atoms with Crippen molar-refractivity contribution in [3.63, 3.8) is 0 Å². The number of aldehydes is 1. The largest absolute Gasteiger partial charge is 0.395 e. The number of hydrogen-bond acceptors (Lipinski definition) is 5. The second-order valence-corrected chi connectivity index (χ2v) is 6.44. The number of rotatable bonds is 8. The van der Waals surface area contributed by atoms with E-state index in [1.165, 1.54) is 16.7 Å². The average Bonchev–Trinajstić information content (AvgIpc) is 2.58. The van der Waals surface area contributed by atoms with Crippen molar-refractivity contribution in [2.24, 2.45) is 0 Å². The maximum atomic E-state index is 11.4. The van der Waals surface area contributed by atoms with Gasteiger partial charge in [-0.1, -0.05) is 18.2 Å². The molecule has 0 saturated heterocycles. The number of nitrogens with zero attached hydrogens (tertiary/aromatic N) is 1. The summed E-state index contributed by atoms with van der Waals surface area (Å²) in [5.41, 5.74) is 6.09. The summed E-state index contributed by atoms with van der Waals surface area (Å²) in [5.74, 6) is 0. The molecule has 0 amide bonds. The smallest absolute Gasteiger partial charge is 0.141 e. The van der Waals surface area contributed by atoms with Crippen molar-refractivity contribution in [2.75, 3.05) is 33.3 Å². The molecule has 1 aliphatic heterocycles. The third-order valence-electron chi connectivity index (χ3n) is 4.71. The standard InChI is InChI=1S/C19H29N3O2/c1-14-4-5-16(10-15(14)2)11-22-8-6-18(21-7-9-23)17(12-22)19(13-24)20-3/h4-5,10,13,19-21,23H,6-9,11-12H2,1-3H3. The second-order valence-electron chi connectivity index (χ2n) is 6.44. The molecular weight excluding hydrogens is 302 g/mol. The quantitative estimate of drug-likeness (QED) is 0.623. The molecule has 1 aromatic rings. The highest BCUT2D eigenvalue weighted by molar-refractivity contribution is 5.64. The summed E-state index contributed by atoms with van der Waals surface area (Å²) in [6, 6.07) is 6.31. The number of carbonyl (C=O) groups is 1. The molecule has 1 atom stereocenters. The van der Waals surface area contributed by atoms with Crippen LogP contribution in [0.4, 0.5) is 0 Å². The fourth-order valence-corrected chi connectivity index (χ4v) is 3.16. The molecule has 0 radical (unpaired) electrons. The van der Waals surface area contributed by atoms with Gasteiger partial charge in [-0.25, -0.2) is 0 Å². The Labute approximate surface area is 144 Å². The highest BCUT2D eigenvalue weighted by Gasteiger charge is 2.24. The molecule has 0 aromatic heterocycles. The van der Waals surface area contributed by atoms with Gasteiger partial charge in [0.05, 0.1) is 12.6 Å². The lowest BCUT2D eigenvalue weighted by molar-refractivity contribution is -0.108. The van der Waals surface area contributed by atoms with Gasteiger partial charge in [-0.15, -0.1) is 0 Å². The van der Waals surface area contributed by atoms with E-state index < -0.39 is 0 Å². The molecule has 0 aliphatic carbocycles. The van der Waals surface area contributed by atoms with Gasteiger partial charge in [-0.2, -0.15) is 0 Å². The lowest BCUT2D eigenvalue weighted by atomic mass is 9.98. The van der Waals surface area contributed by atoms with Crippen LogP contribution in [0.2, 0.25) is 0 Å². The first kappa shape index (κ1) is 18.6. The van der Waals surface area contributed by atoms with E-state index >= 15 is 0 Å². The Morgan fingerprint density at radius 3 is 2.75 bits per heavy atom. The van der Waals surface area contributed by atoms with Gasteiger partial charge >= 0.3 is 0 Å². The summed E-state index contributed by atoms with van der Waals surface area (Å²) < 4.78 is 0. The van der Waals surface area contributed by atoms with Gasteiger partial charge in [0.1, 0.15) is 6.29 Å². The van der Waals surface area contributed by atoms with E-state index in [2.05, 4.69) is 47.6 Å². The van der Waals surface area contributed by atoms with Crippen LogP contribution in [0.3, 0.4) is 0 Å². The predicted octanol–water partition coefficient (Wildman–Crippen LogP) is 1.13. The Bertz CT molecular complexity index is 598. The molecule has 2 rings (SSSR count). The van der Waals surface area contributed by atoms with Crippen LogP contribution < -0.4 is 10.6 Å². The minimum Gasteiger partial charge on any atom is -0.395 e. The zero-order valence-corrected chi connectivity index (χ0v) is 14.9. The van der Waals surface area contributed by atoms with Gasteiger partial charge in [0.25, 0.3) is 0 Å². The summed E-state index contributed by atoms with van der Waals surface area (Å²) in [6.07, 6.45) is 1.82. The topological polar surface area (TPSA) is 64.6 Å². The third kappa shape index (κ3) is 4.66. The van der Waals surface area contributed by atoms with E-state index in [1.807, 2.05) is 0 Å². The van der Waals surface area contributed by atoms with E-state index in [-0.39, 0.29) is 12.6 Å². The number of aliphatic hydroxyl groups is 1.